The number of hydrogen-bond acceptors (Lipinski definition) is 6. The Morgan fingerprint density at radius 3 is 2.61 bits per heavy atom. The van der Waals surface area contributed by atoms with E-state index in [1.807, 2.05) is 6.07 Å². The molecule has 1 unspecified atom stereocenters. The first-order chi connectivity index (χ1) is 13.2. The number of aromatic nitrogens is 3. The summed E-state index contributed by atoms with van der Waals surface area (Å²) in [4.78, 5) is 8.87. The monoisotopic (exact) mass is 402 g/mol. The minimum atomic E-state index is -0.305. The summed E-state index contributed by atoms with van der Waals surface area (Å²) in [6.45, 7) is 2.13. The molecular formula is C20H20ClFN4O2. The van der Waals surface area contributed by atoms with Crippen LogP contribution >= 0.6 is 12.4 Å². The highest BCUT2D eigenvalue weighted by Gasteiger charge is 2.57. The van der Waals surface area contributed by atoms with Crippen molar-refractivity contribution in [2.75, 3.05) is 13.1 Å². The standard InChI is InChI=1S/C20H19FN4O2.ClH/c21-14-2-4-15(5-3-14)26-17-6-1-13(12-23-17)18-24-19(27-25-18)16-11-20(16)7-9-22-10-8-20;/h1-6,12,16,22H,7-11H2;1H. The zero-order chi connectivity index (χ0) is 18.3. The molecule has 3 heterocycles. The van der Waals surface area contributed by atoms with Gasteiger partial charge in [0.25, 0.3) is 0 Å². The van der Waals surface area contributed by atoms with E-state index in [0.717, 1.165) is 31.0 Å². The number of rotatable bonds is 4. The van der Waals surface area contributed by atoms with Gasteiger partial charge in [0.2, 0.25) is 17.6 Å². The number of hydrogen-bond donors (Lipinski definition) is 1. The van der Waals surface area contributed by atoms with Crippen LogP contribution in [0, 0.1) is 11.2 Å². The van der Waals surface area contributed by atoms with E-state index in [9.17, 15) is 4.39 Å². The lowest BCUT2D eigenvalue weighted by Crippen LogP contribution is -2.29. The van der Waals surface area contributed by atoms with E-state index in [4.69, 9.17) is 9.26 Å². The molecule has 28 heavy (non-hydrogen) atoms. The molecule has 0 amide bonds. The molecule has 2 fully saturated rings. The van der Waals surface area contributed by atoms with E-state index in [-0.39, 0.29) is 18.2 Å². The van der Waals surface area contributed by atoms with E-state index < -0.39 is 0 Å². The third kappa shape index (κ3) is 3.59. The van der Waals surface area contributed by atoms with Crippen LogP contribution < -0.4 is 10.1 Å². The van der Waals surface area contributed by atoms with Gasteiger partial charge in [-0.1, -0.05) is 5.16 Å². The van der Waals surface area contributed by atoms with Crippen molar-refractivity contribution in [1.82, 2.24) is 20.4 Å². The molecule has 6 nitrogen and oxygen atoms in total. The zero-order valence-corrected chi connectivity index (χ0v) is 15.9. The summed E-state index contributed by atoms with van der Waals surface area (Å²) in [6, 6.07) is 9.38. The Morgan fingerprint density at radius 2 is 1.89 bits per heavy atom. The lowest BCUT2D eigenvalue weighted by atomic mass is 9.92. The van der Waals surface area contributed by atoms with E-state index in [2.05, 4.69) is 20.4 Å². The minimum Gasteiger partial charge on any atom is -0.439 e. The summed E-state index contributed by atoms with van der Waals surface area (Å²) < 4.78 is 24.1. The number of nitrogens with zero attached hydrogens (tertiary/aromatic N) is 3. The van der Waals surface area contributed by atoms with Crippen LogP contribution in [0.5, 0.6) is 11.6 Å². The Balaban J connectivity index is 0.00000192. The van der Waals surface area contributed by atoms with E-state index in [1.54, 1.807) is 24.4 Å². The highest BCUT2D eigenvalue weighted by Crippen LogP contribution is 2.63. The summed E-state index contributed by atoms with van der Waals surface area (Å²) >= 11 is 0. The molecule has 1 aliphatic heterocycles. The molecule has 0 radical (unpaired) electrons. The average molecular weight is 403 g/mol. The quantitative estimate of drug-likeness (QED) is 0.699. The second-order valence-electron chi connectivity index (χ2n) is 7.27. The van der Waals surface area contributed by atoms with Gasteiger partial charge in [0.1, 0.15) is 11.6 Å². The normalized spacial score (nSPS) is 19.8. The van der Waals surface area contributed by atoms with E-state index in [0.29, 0.717) is 28.8 Å². The van der Waals surface area contributed by atoms with Gasteiger partial charge in [0, 0.05) is 23.7 Å². The van der Waals surface area contributed by atoms with Crippen molar-refractivity contribution >= 4 is 12.4 Å². The molecule has 0 bridgehead atoms. The molecule has 1 N–H and O–H groups in total. The molecule has 146 valence electrons. The molecule has 1 saturated heterocycles. The van der Waals surface area contributed by atoms with Crippen LogP contribution in [-0.2, 0) is 0 Å². The van der Waals surface area contributed by atoms with Crippen LogP contribution in [0.15, 0.2) is 47.1 Å². The zero-order valence-electron chi connectivity index (χ0n) is 15.1. The van der Waals surface area contributed by atoms with Gasteiger partial charge in [-0.15, -0.1) is 12.4 Å². The Morgan fingerprint density at radius 1 is 1.11 bits per heavy atom. The van der Waals surface area contributed by atoms with Crippen LogP contribution in [0.4, 0.5) is 4.39 Å². The van der Waals surface area contributed by atoms with E-state index in [1.165, 1.54) is 25.0 Å². The van der Waals surface area contributed by atoms with Crippen LogP contribution in [0.2, 0.25) is 0 Å². The van der Waals surface area contributed by atoms with Crippen molar-refractivity contribution in [2.24, 2.45) is 5.41 Å². The van der Waals surface area contributed by atoms with Crippen molar-refractivity contribution in [1.29, 1.82) is 0 Å². The SMILES string of the molecule is Cl.Fc1ccc(Oc2ccc(-c3noc(C4CC45CCNCC5)n3)cn2)cc1. The Bertz CT molecular complexity index is 940. The summed E-state index contributed by atoms with van der Waals surface area (Å²) in [5.74, 6) is 2.31. The predicted octanol–water partition coefficient (Wildman–Crippen LogP) is 4.34. The summed E-state index contributed by atoms with van der Waals surface area (Å²) in [6.07, 6.45) is 5.14. The average Bonchev–Trinajstić information content (AvgIpc) is 3.15. The molecule has 3 aromatic rings. The Labute approximate surface area is 167 Å². The first-order valence-corrected chi connectivity index (χ1v) is 9.16. The van der Waals surface area contributed by atoms with Gasteiger partial charge in [-0.2, -0.15) is 4.98 Å². The van der Waals surface area contributed by atoms with Crippen molar-refractivity contribution < 1.29 is 13.7 Å². The van der Waals surface area contributed by atoms with Crippen LogP contribution in [0.3, 0.4) is 0 Å². The smallest absolute Gasteiger partial charge is 0.230 e. The van der Waals surface area contributed by atoms with E-state index >= 15 is 0 Å². The topological polar surface area (TPSA) is 73.1 Å². The summed E-state index contributed by atoms with van der Waals surface area (Å²) in [5.41, 5.74) is 1.14. The van der Waals surface area contributed by atoms with Gasteiger partial charge >= 0.3 is 0 Å². The van der Waals surface area contributed by atoms with Gasteiger partial charge in [-0.05, 0) is 68.1 Å². The first kappa shape index (κ1) is 18.8. The van der Waals surface area contributed by atoms with Crippen molar-refractivity contribution in [3.8, 4) is 23.0 Å². The minimum absolute atomic E-state index is 0. The fraction of sp³-hybridized carbons (Fsp3) is 0.350. The number of halogens is 2. The molecule has 1 spiro atoms. The fourth-order valence-corrected chi connectivity index (χ4v) is 3.86. The number of pyridine rings is 1. The van der Waals surface area contributed by atoms with Gasteiger partial charge in [-0.25, -0.2) is 9.37 Å². The number of benzene rings is 1. The highest BCUT2D eigenvalue weighted by molar-refractivity contribution is 5.85. The molecule has 1 saturated carbocycles. The third-order valence-electron chi connectivity index (χ3n) is 5.56. The molecule has 1 aromatic carbocycles. The predicted molar refractivity (Wildman–Crippen MR) is 103 cm³/mol. The maximum absolute atomic E-state index is 12.9. The van der Waals surface area contributed by atoms with Gasteiger partial charge in [0.05, 0.1) is 0 Å². The molecule has 2 aromatic heterocycles. The molecule has 1 atom stereocenters. The summed E-state index contributed by atoms with van der Waals surface area (Å²) in [5, 5.41) is 7.53. The second kappa shape index (κ2) is 7.48. The summed E-state index contributed by atoms with van der Waals surface area (Å²) in [7, 11) is 0. The van der Waals surface area contributed by atoms with Gasteiger partial charge < -0.3 is 14.6 Å². The maximum Gasteiger partial charge on any atom is 0.230 e. The van der Waals surface area contributed by atoms with Crippen LogP contribution in [0.25, 0.3) is 11.4 Å². The van der Waals surface area contributed by atoms with Gasteiger partial charge in [-0.3, -0.25) is 0 Å². The molecule has 5 rings (SSSR count). The Hall–Kier alpha value is -2.51. The molecule has 2 aliphatic rings. The van der Waals surface area contributed by atoms with Crippen molar-refractivity contribution in [2.45, 2.75) is 25.2 Å². The molecular weight excluding hydrogens is 383 g/mol. The van der Waals surface area contributed by atoms with Crippen LogP contribution in [0.1, 0.15) is 31.1 Å². The highest BCUT2D eigenvalue weighted by atomic mass is 35.5. The maximum atomic E-state index is 12.9. The largest absolute Gasteiger partial charge is 0.439 e. The van der Waals surface area contributed by atoms with Gasteiger partial charge in [0.15, 0.2) is 0 Å². The molecule has 8 heteroatoms. The van der Waals surface area contributed by atoms with Crippen LogP contribution in [-0.4, -0.2) is 28.2 Å². The number of ether oxygens (including phenoxy) is 1. The Kier molecular flexibility index (Phi) is 5.03. The lowest BCUT2D eigenvalue weighted by Gasteiger charge is -2.22. The lowest BCUT2D eigenvalue weighted by molar-refractivity contribution is 0.311. The van der Waals surface area contributed by atoms with Crippen molar-refractivity contribution in [3.05, 3.63) is 54.3 Å². The fourth-order valence-electron chi connectivity index (χ4n) is 3.86. The molecule has 1 aliphatic carbocycles. The second-order valence-corrected chi connectivity index (χ2v) is 7.27. The first-order valence-electron chi connectivity index (χ1n) is 9.16. The number of nitrogens with one attached hydrogen (secondary N) is 1. The van der Waals surface area contributed by atoms with Crippen molar-refractivity contribution in [3.63, 3.8) is 0 Å². The number of piperidine rings is 1. The third-order valence-corrected chi connectivity index (χ3v) is 5.56.